The molecule has 9 nitrogen and oxygen atoms in total. The number of anilines is 2. The van der Waals surface area contributed by atoms with Crippen LogP contribution in [0.15, 0.2) is 59.6 Å². The summed E-state index contributed by atoms with van der Waals surface area (Å²) < 4.78 is 18.4. The number of aromatic nitrogens is 3. The van der Waals surface area contributed by atoms with Gasteiger partial charge >= 0.3 is 0 Å². The summed E-state index contributed by atoms with van der Waals surface area (Å²) in [6, 6.07) is 11.1. The van der Waals surface area contributed by atoms with E-state index >= 15 is 0 Å². The molecule has 1 aliphatic rings. The van der Waals surface area contributed by atoms with E-state index in [2.05, 4.69) is 15.3 Å². The van der Waals surface area contributed by atoms with Gasteiger partial charge in [0, 0.05) is 17.4 Å². The maximum atomic E-state index is 10.5. The van der Waals surface area contributed by atoms with Crippen LogP contribution in [0.2, 0.25) is 0 Å². The van der Waals surface area contributed by atoms with Crippen molar-refractivity contribution in [1.29, 1.82) is 0 Å². The number of fused-ring (bicyclic) bond motifs is 1. The highest BCUT2D eigenvalue weighted by Crippen LogP contribution is 2.39. The first-order chi connectivity index (χ1) is 15.1. The molecular formula is C22H22N4O5. The third-order valence-corrected chi connectivity index (χ3v) is 5.50. The van der Waals surface area contributed by atoms with Crippen molar-refractivity contribution in [2.24, 2.45) is 0 Å². The molecule has 1 aromatic carbocycles. The molecule has 9 heteroatoms. The molecule has 0 amide bonds. The molecular weight excluding hydrogens is 400 g/mol. The smallest absolute Gasteiger partial charge is 0.164 e. The quantitative estimate of drug-likeness (QED) is 0.450. The van der Waals surface area contributed by atoms with E-state index in [0.29, 0.717) is 22.6 Å². The topological polar surface area (TPSA) is 115 Å². The highest BCUT2D eigenvalue weighted by molar-refractivity contribution is 6.01. The van der Waals surface area contributed by atoms with Crippen LogP contribution < -0.4 is 10.1 Å². The Morgan fingerprint density at radius 2 is 1.90 bits per heavy atom. The number of nitrogens with zero attached hydrogens (tertiary/aromatic N) is 3. The van der Waals surface area contributed by atoms with Crippen molar-refractivity contribution in [3.8, 4) is 17.1 Å². The zero-order chi connectivity index (χ0) is 21.5. The first kappa shape index (κ1) is 19.6. The van der Waals surface area contributed by atoms with Gasteiger partial charge in [-0.1, -0.05) is 0 Å². The van der Waals surface area contributed by atoms with Crippen LogP contribution in [-0.4, -0.2) is 50.2 Å². The van der Waals surface area contributed by atoms with Crippen molar-refractivity contribution in [3.05, 3.63) is 55.2 Å². The van der Waals surface area contributed by atoms with Crippen molar-refractivity contribution in [3.63, 3.8) is 0 Å². The maximum absolute atomic E-state index is 10.5. The summed E-state index contributed by atoms with van der Waals surface area (Å²) in [6.07, 6.45) is 1.44. The molecule has 31 heavy (non-hydrogen) atoms. The summed E-state index contributed by atoms with van der Waals surface area (Å²) in [5, 5.41) is 24.8. The fourth-order valence-electron chi connectivity index (χ4n) is 3.86. The van der Waals surface area contributed by atoms with Crippen LogP contribution in [-0.2, 0) is 4.74 Å². The van der Waals surface area contributed by atoms with Crippen molar-refractivity contribution in [1.82, 2.24) is 14.5 Å². The van der Waals surface area contributed by atoms with Gasteiger partial charge in [0.05, 0.1) is 24.9 Å². The van der Waals surface area contributed by atoms with Gasteiger partial charge in [0.1, 0.15) is 41.5 Å². The number of aliphatic hydroxyl groups excluding tert-OH is 2. The second-order valence-corrected chi connectivity index (χ2v) is 7.41. The van der Waals surface area contributed by atoms with Gasteiger partial charge in [-0.3, -0.25) is 0 Å². The zero-order valence-corrected chi connectivity index (χ0v) is 17.0. The molecule has 3 N–H and O–H groups in total. The lowest BCUT2D eigenvalue weighted by atomic mass is 10.1. The minimum atomic E-state index is -1.09. The normalized spacial score (nSPS) is 23.4. The van der Waals surface area contributed by atoms with Crippen molar-refractivity contribution in [2.45, 2.75) is 31.5 Å². The Labute approximate surface area is 177 Å². The molecule has 160 valence electrons. The Kier molecular flexibility index (Phi) is 4.85. The van der Waals surface area contributed by atoms with Crippen LogP contribution in [0.1, 0.15) is 13.2 Å². The van der Waals surface area contributed by atoms with Gasteiger partial charge in [0.2, 0.25) is 0 Å². The lowest BCUT2D eigenvalue weighted by Gasteiger charge is -2.17. The summed E-state index contributed by atoms with van der Waals surface area (Å²) in [7, 11) is 1.62. The van der Waals surface area contributed by atoms with Crippen LogP contribution >= 0.6 is 0 Å². The van der Waals surface area contributed by atoms with Crippen LogP contribution in [0.5, 0.6) is 5.75 Å². The summed E-state index contributed by atoms with van der Waals surface area (Å²) >= 11 is 0. The maximum Gasteiger partial charge on any atom is 0.164 e. The van der Waals surface area contributed by atoms with E-state index in [1.54, 1.807) is 37.1 Å². The minimum Gasteiger partial charge on any atom is -0.497 e. The number of furan rings is 1. The van der Waals surface area contributed by atoms with Crippen LogP contribution in [0.25, 0.3) is 22.4 Å². The number of ether oxygens (including phenoxy) is 2. The average molecular weight is 422 g/mol. The minimum absolute atomic E-state index is 0.511. The summed E-state index contributed by atoms with van der Waals surface area (Å²) in [5.74, 6) is 1.94. The lowest BCUT2D eigenvalue weighted by molar-refractivity contribution is -0.0296. The molecule has 1 aliphatic heterocycles. The van der Waals surface area contributed by atoms with Crippen molar-refractivity contribution in [2.75, 3.05) is 12.4 Å². The van der Waals surface area contributed by atoms with Gasteiger partial charge < -0.3 is 34.0 Å². The number of hydrogen-bond donors (Lipinski definition) is 3. The molecule has 0 aliphatic carbocycles. The highest BCUT2D eigenvalue weighted by atomic mass is 16.6. The number of aliphatic hydroxyl groups is 2. The third kappa shape index (κ3) is 3.32. The predicted molar refractivity (Wildman–Crippen MR) is 113 cm³/mol. The largest absolute Gasteiger partial charge is 0.497 e. The fourth-order valence-corrected chi connectivity index (χ4v) is 3.86. The van der Waals surface area contributed by atoms with Crippen molar-refractivity contribution < 1.29 is 24.1 Å². The summed E-state index contributed by atoms with van der Waals surface area (Å²) in [4.78, 5) is 8.89. The van der Waals surface area contributed by atoms with E-state index in [9.17, 15) is 10.2 Å². The molecule has 5 rings (SSSR count). The van der Waals surface area contributed by atoms with E-state index in [4.69, 9.17) is 13.9 Å². The Morgan fingerprint density at radius 1 is 1.10 bits per heavy atom. The van der Waals surface area contributed by atoms with E-state index in [1.165, 1.54) is 6.33 Å². The Bertz CT molecular complexity index is 1190. The molecule has 0 radical (unpaired) electrons. The Balaban J connectivity index is 1.64. The molecule has 0 bridgehead atoms. The second-order valence-electron chi connectivity index (χ2n) is 7.41. The zero-order valence-electron chi connectivity index (χ0n) is 17.0. The molecule has 4 aromatic rings. The summed E-state index contributed by atoms with van der Waals surface area (Å²) in [5.41, 5.74) is 2.10. The first-order valence-corrected chi connectivity index (χ1v) is 9.89. The molecule has 0 spiro atoms. The fraction of sp³-hybridized carbons (Fsp3) is 0.273. The number of hydrogen-bond acceptors (Lipinski definition) is 8. The molecule has 0 saturated carbocycles. The molecule has 1 fully saturated rings. The Morgan fingerprint density at radius 3 is 2.55 bits per heavy atom. The van der Waals surface area contributed by atoms with Gasteiger partial charge in [0.25, 0.3) is 0 Å². The van der Waals surface area contributed by atoms with Crippen LogP contribution in [0.3, 0.4) is 0 Å². The van der Waals surface area contributed by atoms with Gasteiger partial charge in [-0.05, 0) is 43.3 Å². The van der Waals surface area contributed by atoms with Gasteiger partial charge in [-0.25, -0.2) is 9.97 Å². The monoisotopic (exact) mass is 422 g/mol. The van der Waals surface area contributed by atoms with E-state index in [1.807, 2.05) is 30.3 Å². The number of benzene rings is 1. The van der Waals surface area contributed by atoms with Gasteiger partial charge in [-0.15, -0.1) is 0 Å². The summed E-state index contributed by atoms with van der Waals surface area (Å²) in [6.45, 7) is 1.72. The standard InChI is InChI=1S/C22H22N4O5/c1-12-18(27)19(28)22(31-12)26-10-15(16-4-3-9-30-16)17-20(23-11-24-21(17)26)25-13-5-7-14(29-2)8-6-13/h3-12,18-19,22,27-28H,1-2H3,(H,23,24,25)/t12-,18-,19-,22-/m1/s1. The number of nitrogens with one attached hydrogen (secondary N) is 1. The van der Waals surface area contributed by atoms with E-state index < -0.39 is 24.5 Å². The molecule has 4 atom stereocenters. The molecule has 0 unspecified atom stereocenters. The molecule has 4 heterocycles. The average Bonchev–Trinajstić information content (AvgIpc) is 3.50. The van der Waals surface area contributed by atoms with Gasteiger partial charge in [0.15, 0.2) is 6.23 Å². The van der Waals surface area contributed by atoms with E-state index in [-0.39, 0.29) is 0 Å². The number of methoxy groups -OCH3 is 1. The third-order valence-electron chi connectivity index (χ3n) is 5.50. The SMILES string of the molecule is COc1ccc(Nc2ncnc3c2c(-c2ccco2)cn3[C@@H]2O[C@H](C)[C@@H](O)[C@H]2O)cc1. The van der Waals surface area contributed by atoms with Crippen LogP contribution in [0, 0.1) is 0 Å². The number of rotatable bonds is 5. The van der Waals surface area contributed by atoms with E-state index in [0.717, 1.165) is 17.0 Å². The van der Waals surface area contributed by atoms with Crippen molar-refractivity contribution >= 4 is 22.5 Å². The second kappa shape index (κ2) is 7.69. The van der Waals surface area contributed by atoms with Gasteiger partial charge in [-0.2, -0.15) is 0 Å². The molecule has 1 saturated heterocycles. The Hall–Kier alpha value is -3.40. The first-order valence-electron chi connectivity index (χ1n) is 9.89. The predicted octanol–water partition coefficient (Wildman–Crippen LogP) is 3.08. The van der Waals surface area contributed by atoms with Crippen LogP contribution in [0.4, 0.5) is 11.5 Å². The lowest BCUT2D eigenvalue weighted by Crippen LogP contribution is -2.30. The highest BCUT2D eigenvalue weighted by Gasteiger charge is 2.42. The molecule has 3 aromatic heterocycles.